The van der Waals surface area contributed by atoms with Gasteiger partial charge >= 0.3 is 0 Å². The Kier molecular flexibility index (Phi) is 6.75. The molecule has 0 aliphatic carbocycles. The van der Waals surface area contributed by atoms with Crippen LogP contribution < -0.4 is 16.0 Å². The molecule has 0 aliphatic heterocycles. The van der Waals surface area contributed by atoms with Gasteiger partial charge in [0.25, 0.3) is 19.3 Å². The van der Waals surface area contributed by atoms with Gasteiger partial charge in [-0.1, -0.05) is 0 Å². The highest BCUT2D eigenvalue weighted by molar-refractivity contribution is 5.42. The Labute approximate surface area is 115 Å². The molecule has 0 aromatic carbocycles. The highest BCUT2D eigenvalue weighted by atomic mass is 19.3. The van der Waals surface area contributed by atoms with Gasteiger partial charge in [0.2, 0.25) is 17.8 Å². The van der Waals surface area contributed by atoms with Crippen molar-refractivity contribution in [2.24, 2.45) is 0 Å². The Morgan fingerprint density at radius 2 is 0.810 bits per heavy atom. The second-order valence-electron chi connectivity index (χ2n) is 3.62. The number of halogens is 6. The van der Waals surface area contributed by atoms with Crippen molar-refractivity contribution in [3.05, 3.63) is 0 Å². The third-order valence-electron chi connectivity index (χ3n) is 1.88. The monoisotopic (exact) mass is 318 g/mol. The van der Waals surface area contributed by atoms with Crippen LogP contribution in [0.25, 0.3) is 0 Å². The molecule has 0 atom stereocenters. The minimum Gasteiger partial charge on any atom is -0.348 e. The van der Waals surface area contributed by atoms with Gasteiger partial charge < -0.3 is 16.0 Å². The zero-order valence-corrected chi connectivity index (χ0v) is 10.5. The highest BCUT2D eigenvalue weighted by Crippen LogP contribution is 2.11. The molecule has 0 aliphatic rings. The van der Waals surface area contributed by atoms with Crippen LogP contribution >= 0.6 is 0 Å². The molecule has 12 heteroatoms. The Balaban J connectivity index is 2.79. The van der Waals surface area contributed by atoms with Crippen molar-refractivity contribution in [2.75, 3.05) is 35.6 Å². The van der Waals surface area contributed by atoms with Crippen LogP contribution in [-0.2, 0) is 0 Å². The van der Waals surface area contributed by atoms with Gasteiger partial charge in [0.05, 0.1) is 19.6 Å². The van der Waals surface area contributed by atoms with E-state index in [2.05, 4.69) is 30.9 Å². The van der Waals surface area contributed by atoms with E-state index in [0.29, 0.717) is 0 Å². The van der Waals surface area contributed by atoms with Crippen molar-refractivity contribution >= 4 is 17.8 Å². The van der Waals surface area contributed by atoms with Crippen molar-refractivity contribution in [3.8, 4) is 0 Å². The SMILES string of the molecule is FC(F)CNc1nc(NCC(F)F)nc(NCC(F)F)n1. The molecule has 0 amide bonds. The van der Waals surface area contributed by atoms with Crippen LogP contribution in [-0.4, -0.2) is 53.9 Å². The molecule has 0 saturated heterocycles. The summed E-state index contributed by atoms with van der Waals surface area (Å²) in [4.78, 5) is 10.7. The van der Waals surface area contributed by atoms with Crippen molar-refractivity contribution in [3.63, 3.8) is 0 Å². The largest absolute Gasteiger partial charge is 0.348 e. The van der Waals surface area contributed by atoms with Crippen LogP contribution in [0.4, 0.5) is 44.2 Å². The van der Waals surface area contributed by atoms with Crippen LogP contribution in [0.15, 0.2) is 0 Å². The molecule has 3 N–H and O–H groups in total. The summed E-state index contributed by atoms with van der Waals surface area (Å²) in [5, 5.41) is 6.40. The fourth-order valence-electron chi connectivity index (χ4n) is 1.12. The molecule has 6 nitrogen and oxygen atoms in total. The molecule has 1 aromatic heterocycles. The smallest absolute Gasteiger partial charge is 0.255 e. The molecule has 1 heterocycles. The third kappa shape index (κ3) is 7.37. The van der Waals surface area contributed by atoms with Gasteiger partial charge in [-0.25, -0.2) is 26.3 Å². The van der Waals surface area contributed by atoms with Crippen LogP contribution in [0.5, 0.6) is 0 Å². The highest BCUT2D eigenvalue weighted by Gasteiger charge is 2.11. The molecule has 1 aromatic rings. The maximum Gasteiger partial charge on any atom is 0.255 e. The minimum atomic E-state index is -2.70. The summed E-state index contributed by atoms with van der Waals surface area (Å²) in [6, 6.07) is 0. The normalized spacial score (nSPS) is 11.3. The van der Waals surface area contributed by atoms with Gasteiger partial charge in [0, 0.05) is 0 Å². The van der Waals surface area contributed by atoms with E-state index in [1.54, 1.807) is 0 Å². The zero-order valence-electron chi connectivity index (χ0n) is 10.5. The second-order valence-corrected chi connectivity index (χ2v) is 3.62. The van der Waals surface area contributed by atoms with E-state index in [0.717, 1.165) is 0 Å². The van der Waals surface area contributed by atoms with Crippen molar-refractivity contribution in [1.82, 2.24) is 15.0 Å². The van der Waals surface area contributed by atoms with E-state index in [4.69, 9.17) is 0 Å². The lowest BCUT2D eigenvalue weighted by Crippen LogP contribution is -2.19. The number of hydrogen-bond donors (Lipinski definition) is 3. The molecule has 0 radical (unpaired) electrons. The lowest BCUT2D eigenvalue weighted by molar-refractivity contribution is 0.163. The lowest BCUT2D eigenvalue weighted by atomic mass is 10.6. The number of alkyl halides is 6. The molecule has 0 unspecified atom stereocenters. The first-order valence-corrected chi connectivity index (χ1v) is 5.69. The van der Waals surface area contributed by atoms with Crippen molar-refractivity contribution in [2.45, 2.75) is 19.3 Å². The first-order chi connectivity index (χ1) is 9.86. The molecule has 1 rings (SSSR count). The van der Waals surface area contributed by atoms with E-state index in [1.165, 1.54) is 0 Å². The molecular weight excluding hydrogens is 306 g/mol. The van der Waals surface area contributed by atoms with Crippen molar-refractivity contribution < 1.29 is 26.3 Å². The molecule has 120 valence electrons. The van der Waals surface area contributed by atoms with Crippen LogP contribution in [0.1, 0.15) is 0 Å². The quantitative estimate of drug-likeness (QED) is 0.604. The average Bonchev–Trinajstić information content (AvgIpc) is 2.40. The van der Waals surface area contributed by atoms with E-state index in [-0.39, 0.29) is 17.8 Å². The van der Waals surface area contributed by atoms with Gasteiger partial charge in [0.1, 0.15) is 0 Å². The number of nitrogens with one attached hydrogen (secondary N) is 3. The van der Waals surface area contributed by atoms with Gasteiger partial charge in [-0.3, -0.25) is 0 Å². The summed E-state index contributed by atoms with van der Waals surface area (Å²) < 4.78 is 72.4. The summed E-state index contributed by atoms with van der Waals surface area (Å²) in [7, 11) is 0. The number of anilines is 3. The number of hydrogen-bond acceptors (Lipinski definition) is 6. The first-order valence-electron chi connectivity index (χ1n) is 5.69. The first kappa shape index (κ1) is 17.0. The maximum absolute atomic E-state index is 12.1. The van der Waals surface area contributed by atoms with E-state index >= 15 is 0 Å². The third-order valence-corrected chi connectivity index (χ3v) is 1.88. The van der Waals surface area contributed by atoms with Gasteiger partial charge in [-0.2, -0.15) is 15.0 Å². The Morgan fingerprint density at radius 3 is 1.00 bits per heavy atom. The summed E-state index contributed by atoms with van der Waals surface area (Å²) in [5.74, 6) is -1.04. The molecule has 0 spiro atoms. The number of nitrogens with zero attached hydrogens (tertiary/aromatic N) is 3. The summed E-state index contributed by atoms with van der Waals surface area (Å²) in [6.07, 6.45) is -8.09. The second kappa shape index (κ2) is 8.32. The molecule has 0 fully saturated rings. The molecule has 0 saturated carbocycles. The lowest BCUT2D eigenvalue weighted by Gasteiger charge is -2.10. The van der Waals surface area contributed by atoms with Crippen LogP contribution in [0.2, 0.25) is 0 Å². The van der Waals surface area contributed by atoms with Crippen LogP contribution in [0, 0.1) is 0 Å². The summed E-state index contributed by atoms with van der Waals surface area (Å²) in [6.45, 7) is -2.36. The summed E-state index contributed by atoms with van der Waals surface area (Å²) in [5.41, 5.74) is 0. The van der Waals surface area contributed by atoms with Gasteiger partial charge in [-0.05, 0) is 0 Å². The zero-order chi connectivity index (χ0) is 15.8. The number of rotatable bonds is 9. The average molecular weight is 318 g/mol. The summed E-state index contributed by atoms with van der Waals surface area (Å²) >= 11 is 0. The van der Waals surface area contributed by atoms with Crippen molar-refractivity contribution in [1.29, 1.82) is 0 Å². The predicted molar refractivity (Wildman–Crippen MR) is 63.3 cm³/mol. The number of aromatic nitrogens is 3. The predicted octanol–water partition coefficient (Wildman–Crippen LogP) is 1.90. The van der Waals surface area contributed by atoms with Crippen LogP contribution in [0.3, 0.4) is 0 Å². The molecule has 21 heavy (non-hydrogen) atoms. The Hall–Kier alpha value is -2.01. The van der Waals surface area contributed by atoms with E-state index < -0.39 is 38.9 Å². The Bertz CT molecular complexity index is 357. The standard InChI is InChI=1S/C9H12F6N6/c10-4(11)1-16-7-19-8(17-2-5(12)13)21-9(20-7)18-3-6(14)15/h4-6H,1-3H2,(H3,16,17,18,19,20,21). The van der Waals surface area contributed by atoms with Gasteiger partial charge in [-0.15, -0.1) is 0 Å². The van der Waals surface area contributed by atoms with E-state index in [9.17, 15) is 26.3 Å². The maximum atomic E-state index is 12.1. The molecular formula is C9H12F6N6. The minimum absolute atomic E-state index is 0.348. The topological polar surface area (TPSA) is 74.8 Å². The fourth-order valence-corrected chi connectivity index (χ4v) is 1.12. The fraction of sp³-hybridized carbons (Fsp3) is 0.667. The van der Waals surface area contributed by atoms with E-state index in [1.807, 2.05) is 0 Å². The Morgan fingerprint density at radius 1 is 0.571 bits per heavy atom. The molecule has 0 bridgehead atoms. The van der Waals surface area contributed by atoms with Gasteiger partial charge in [0.15, 0.2) is 0 Å².